The number of carbonyl (C=O) groups excluding carboxylic acids is 3. The van der Waals surface area contributed by atoms with Crippen molar-refractivity contribution < 1.29 is 23.9 Å². The van der Waals surface area contributed by atoms with Crippen LogP contribution in [-0.2, 0) is 23.9 Å². The van der Waals surface area contributed by atoms with Crippen LogP contribution >= 0.6 is 0 Å². The topological polar surface area (TPSA) is 81.7 Å². The summed E-state index contributed by atoms with van der Waals surface area (Å²) in [6.45, 7) is 5.28. The van der Waals surface area contributed by atoms with E-state index >= 15 is 0 Å². The van der Waals surface area contributed by atoms with Crippen LogP contribution < -0.4 is 5.32 Å². The van der Waals surface area contributed by atoms with Crippen molar-refractivity contribution in [2.24, 2.45) is 0 Å². The van der Waals surface area contributed by atoms with Gasteiger partial charge in [-0.05, 0) is 27.2 Å². The SMILES string of the molecule is CC(C)(C)OC(=O)CCOC(=O)[C@@H]1CCC(=O)N1. The van der Waals surface area contributed by atoms with Gasteiger partial charge in [-0.3, -0.25) is 9.59 Å². The summed E-state index contributed by atoms with van der Waals surface area (Å²) < 4.78 is 9.97. The zero-order valence-electron chi connectivity index (χ0n) is 10.9. The van der Waals surface area contributed by atoms with E-state index in [0.29, 0.717) is 12.8 Å². The van der Waals surface area contributed by atoms with Crippen molar-refractivity contribution in [1.29, 1.82) is 0 Å². The maximum Gasteiger partial charge on any atom is 0.328 e. The monoisotopic (exact) mass is 257 g/mol. The number of rotatable bonds is 4. The third kappa shape index (κ3) is 5.16. The number of esters is 2. The fraction of sp³-hybridized carbons (Fsp3) is 0.750. The minimum Gasteiger partial charge on any atom is -0.464 e. The molecule has 0 unspecified atom stereocenters. The van der Waals surface area contributed by atoms with E-state index in [4.69, 9.17) is 9.47 Å². The number of amides is 1. The molecule has 1 amide bonds. The largest absolute Gasteiger partial charge is 0.464 e. The lowest BCUT2D eigenvalue weighted by Gasteiger charge is -2.19. The molecule has 1 fully saturated rings. The lowest BCUT2D eigenvalue weighted by molar-refractivity contribution is -0.158. The van der Waals surface area contributed by atoms with E-state index in [0.717, 1.165) is 0 Å². The quantitative estimate of drug-likeness (QED) is 0.743. The van der Waals surface area contributed by atoms with Gasteiger partial charge < -0.3 is 14.8 Å². The van der Waals surface area contributed by atoms with Crippen LogP contribution in [0.25, 0.3) is 0 Å². The van der Waals surface area contributed by atoms with Gasteiger partial charge in [-0.1, -0.05) is 0 Å². The van der Waals surface area contributed by atoms with Gasteiger partial charge in [-0.25, -0.2) is 4.79 Å². The van der Waals surface area contributed by atoms with Crippen molar-refractivity contribution in [2.75, 3.05) is 6.61 Å². The first-order valence-electron chi connectivity index (χ1n) is 5.96. The Morgan fingerprint density at radius 2 is 2.06 bits per heavy atom. The lowest BCUT2D eigenvalue weighted by Crippen LogP contribution is -2.35. The summed E-state index contributed by atoms with van der Waals surface area (Å²) in [4.78, 5) is 33.7. The van der Waals surface area contributed by atoms with Crippen LogP contribution in [0.5, 0.6) is 0 Å². The fourth-order valence-corrected chi connectivity index (χ4v) is 1.52. The van der Waals surface area contributed by atoms with Crippen molar-refractivity contribution in [3.63, 3.8) is 0 Å². The number of carbonyl (C=O) groups is 3. The van der Waals surface area contributed by atoms with Gasteiger partial charge in [0.15, 0.2) is 0 Å². The third-order valence-electron chi connectivity index (χ3n) is 2.25. The second kappa shape index (κ2) is 5.84. The molecular formula is C12H19NO5. The molecule has 1 rings (SSSR count). The van der Waals surface area contributed by atoms with Crippen molar-refractivity contribution in [3.05, 3.63) is 0 Å². The number of hydrogen-bond acceptors (Lipinski definition) is 5. The van der Waals surface area contributed by atoms with E-state index in [2.05, 4.69) is 5.32 Å². The highest BCUT2D eigenvalue weighted by Gasteiger charge is 2.28. The summed E-state index contributed by atoms with van der Waals surface area (Å²) in [5.74, 6) is -1.06. The molecule has 6 heteroatoms. The maximum absolute atomic E-state index is 11.5. The fourth-order valence-electron chi connectivity index (χ4n) is 1.52. The maximum atomic E-state index is 11.5. The zero-order chi connectivity index (χ0) is 13.8. The molecule has 18 heavy (non-hydrogen) atoms. The molecule has 0 aromatic rings. The highest BCUT2D eigenvalue weighted by atomic mass is 16.6. The molecule has 1 aliphatic rings. The molecule has 0 saturated carbocycles. The van der Waals surface area contributed by atoms with Gasteiger partial charge in [0.25, 0.3) is 0 Å². The van der Waals surface area contributed by atoms with Gasteiger partial charge in [-0.2, -0.15) is 0 Å². The molecule has 1 heterocycles. The Hall–Kier alpha value is -1.59. The Kier molecular flexibility index (Phi) is 4.69. The van der Waals surface area contributed by atoms with Crippen LogP contribution in [0.2, 0.25) is 0 Å². The van der Waals surface area contributed by atoms with Crippen molar-refractivity contribution in [2.45, 2.75) is 51.7 Å². The number of hydrogen-bond donors (Lipinski definition) is 1. The number of nitrogens with one attached hydrogen (secondary N) is 1. The van der Waals surface area contributed by atoms with E-state index in [1.54, 1.807) is 20.8 Å². The molecule has 1 saturated heterocycles. The Bertz CT molecular complexity index is 345. The molecule has 0 spiro atoms. The first-order valence-corrected chi connectivity index (χ1v) is 5.96. The highest BCUT2D eigenvalue weighted by Crippen LogP contribution is 2.10. The normalized spacial score (nSPS) is 19.3. The van der Waals surface area contributed by atoms with E-state index in [1.165, 1.54) is 0 Å². The molecule has 6 nitrogen and oxygen atoms in total. The van der Waals surface area contributed by atoms with Crippen LogP contribution in [0.3, 0.4) is 0 Å². The molecule has 0 aromatic heterocycles. The Morgan fingerprint density at radius 3 is 2.56 bits per heavy atom. The van der Waals surface area contributed by atoms with Crippen LogP contribution in [0.4, 0.5) is 0 Å². The van der Waals surface area contributed by atoms with Crippen molar-refractivity contribution >= 4 is 17.8 Å². The summed E-state index contributed by atoms with van der Waals surface area (Å²) >= 11 is 0. The minimum absolute atomic E-state index is 0.0175. The standard InChI is InChI=1S/C12H19NO5/c1-12(2,3)18-10(15)6-7-17-11(16)8-4-5-9(14)13-8/h8H,4-7H2,1-3H3,(H,13,14)/t8-/m0/s1. The second-order valence-corrected chi connectivity index (χ2v) is 5.16. The van der Waals surface area contributed by atoms with Gasteiger partial charge in [0.1, 0.15) is 18.2 Å². The molecule has 0 aliphatic carbocycles. The molecule has 1 aliphatic heterocycles. The third-order valence-corrected chi connectivity index (χ3v) is 2.25. The summed E-state index contributed by atoms with van der Waals surface area (Å²) in [6, 6.07) is -0.573. The summed E-state index contributed by atoms with van der Waals surface area (Å²) in [6.07, 6.45) is 0.805. The molecular weight excluding hydrogens is 238 g/mol. The predicted octanol–water partition coefficient (Wildman–Crippen LogP) is 0.540. The van der Waals surface area contributed by atoms with Crippen LogP contribution in [-0.4, -0.2) is 36.1 Å². The molecule has 1 N–H and O–H groups in total. The summed E-state index contributed by atoms with van der Waals surface area (Å²) in [7, 11) is 0. The van der Waals surface area contributed by atoms with Crippen LogP contribution in [0.1, 0.15) is 40.0 Å². The summed E-state index contributed by atoms with van der Waals surface area (Å²) in [5, 5.41) is 2.50. The van der Waals surface area contributed by atoms with Crippen LogP contribution in [0, 0.1) is 0 Å². The van der Waals surface area contributed by atoms with E-state index < -0.39 is 23.6 Å². The molecule has 0 bridgehead atoms. The van der Waals surface area contributed by atoms with Gasteiger partial charge >= 0.3 is 11.9 Å². The first kappa shape index (κ1) is 14.5. The van der Waals surface area contributed by atoms with Gasteiger partial charge in [0.2, 0.25) is 5.91 Å². The average Bonchev–Trinajstić information content (AvgIpc) is 2.62. The molecule has 102 valence electrons. The van der Waals surface area contributed by atoms with Gasteiger partial charge in [0.05, 0.1) is 6.42 Å². The van der Waals surface area contributed by atoms with E-state index in [1.807, 2.05) is 0 Å². The lowest BCUT2D eigenvalue weighted by atomic mass is 10.2. The van der Waals surface area contributed by atoms with Crippen molar-refractivity contribution in [3.8, 4) is 0 Å². The van der Waals surface area contributed by atoms with E-state index in [-0.39, 0.29) is 18.9 Å². The predicted molar refractivity (Wildman–Crippen MR) is 62.6 cm³/mol. The Balaban J connectivity index is 2.19. The van der Waals surface area contributed by atoms with Crippen molar-refractivity contribution in [1.82, 2.24) is 5.32 Å². The zero-order valence-corrected chi connectivity index (χ0v) is 10.9. The molecule has 1 atom stereocenters. The minimum atomic E-state index is -0.573. The molecule has 0 radical (unpaired) electrons. The second-order valence-electron chi connectivity index (χ2n) is 5.16. The molecule has 0 aromatic carbocycles. The number of ether oxygens (including phenoxy) is 2. The average molecular weight is 257 g/mol. The van der Waals surface area contributed by atoms with Gasteiger partial charge in [0, 0.05) is 6.42 Å². The highest BCUT2D eigenvalue weighted by molar-refractivity contribution is 5.88. The Morgan fingerprint density at radius 1 is 1.39 bits per heavy atom. The summed E-state index contributed by atoms with van der Waals surface area (Å²) in [5.41, 5.74) is -0.541. The smallest absolute Gasteiger partial charge is 0.328 e. The van der Waals surface area contributed by atoms with Gasteiger partial charge in [-0.15, -0.1) is 0 Å². The van der Waals surface area contributed by atoms with E-state index in [9.17, 15) is 14.4 Å². The Labute approximate surface area is 106 Å². The first-order chi connectivity index (χ1) is 8.28. The van der Waals surface area contributed by atoms with Crippen LogP contribution in [0.15, 0.2) is 0 Å².